The van der Waals surface area contributed by atoms with Crippen LogP contribution < -0.4 is 4.18 Å². The molecule has 0 aliphatic heterocycles. The minimum absolute atomic E-state index is 0.149. The summed E-state index contributed by atoms with van der Waals surface area (Å²) in [4.78, 5) is 0. The molecule has 0 aliphatic rings. The maximum absolute atomic E-state index is 12.4. The van der Waals surface area contributed by atoms with E-state index in [1.165, 1.54) is 18.2 Å². The molecule has 0 saturated carbocycles. The van der Waals surface area contributed by atoms with E-state index in [0.29, 0.717) is 5.56 Å². The molecule has 21 heavy (non-hydrogen) atoms. The van der Waals surface area contributed by atoms with Crippen LogP contribution in [-0.4, -0.2) is 13.9 Å². The van der Waals surface area contributed by atoms with Crippen LogP contribution in [0.15, 0.2) is 48.5 Å². The monoisotopic (exact) mass is 336 g/mol. The average molecular weight is 337 g/mol. The zero-order valence-corrected chi connectivity index (χ0v) is 11.8. The Morgan fingerprint density at radius 3 is 2.14 bits per heavy atom. The van der Waals surface area contributed by atoms with Gasteiger partial charge in [0.05, 0.1) is 5.02 Å². The second kappa shape index (κ2) is 5.57. The fourth-order valence-corrected chi connectivity index (χ4v) is 2.35. The number of halogens is 4. The smallest absolute Gasteiger partial charge is 0.374 e. The van der Waals surface area contributed by atoms with Crippen molar-refractivity contribution < 1.29 is 25.8 Å². The Kier molecular flexibility index (Phi) is 4.15. The highest BCUT2D eigenvalue weighted by Gasteiger charge is 2.49. The van der Waals surface area contributed by atoms with Gasteiger partial charge in [-0.25, -0.2) is 0 Å². The maximum atomic E-state index is 12.4. The number of alkyl halides is 3. The molecular weight excluding hydrogens is 329 g/mol. The topological polar surface area (TPSA) is 43.4 Å². The Hall–Kier alpha value is -1.73. The summed E-state index contributed by atoms with van der Waals surface area (Å²) in [5.74, 6) is -0.553. The predicted octanol–water partition coefficient (Wildman–Crippen LogP) is 4.24. The molecule has 2 aromatic rings. The zero-order valence-electron chi connectivity index (χ0n) is 10.3. The van der Waals surface area contributed by atoms with Crippen LogP contribution in [0.3, 0.4) is 0 Å². The van der Waals surface area contributed by atoms with Crippen LogP contribution >= 0.6 is 11.6 Å². The molecule has 0 heterocycles. The summed E-state index contributed by atoms with van der Waals surface area (Å²) >= 11 is 5.78. The van der Waals surface area contributed by atoms with Crippen molar-refractivity contribution in [1.29, 1.82) is 0 Å². The van der Waals surface area contributed by atoms with Gasteiger partial charge in [-0.05, 0) is 11.6 Å². The van der Waals surface area contributed by atoms with Crippen molar-refractivity contribution in [3.63, 3.8) is 0 Å². The van der Waals surface area contributed by atoms with Crippen molar-refractivity contribution in [2.24, 2.45) is 0 Å². The SMILES string of the molecule is O=S(=O)(Oc1c(Cl)cccc1-c1ccccc1)C(F)(F)F. The lowest BCUT2D eigenvalue weighted by Crippen LogP contribution is -2.28. The molecule has 112 valence electrons. The summed E-state index contributed by atoms with van der Waals surface area (Å²) in [5, 5.41) is -0.232. The largest absolute Gasteiger partial charge is 0.534 e. The lowest BCUT2D eigenvalue weighted by molar-refractivity contribution is -0.0499. The van der Waals surface area contributed by atoms with Gasteiger partial charge in [0.2, 0.25) is 0 Å². The van der Waals surface area contributed by atoms with Gasteiger partial charge in [0, 0.05) is 5.56 Å². The highest BCUT2D eigenvalue weighted by atomic mass is 35.5. The summed E-state index contributed by atoms with van der Waals surface area (Å²) in [7, 11) is -5.79. The van der Waals surface area contributed by atoms with Gasteiger partial charge in [0.15, 0.2) is 5.75 Å². The second-order valence-electron chi connectivity index (χ2n) is 3.97. The van der Waals surface area contributed by atoms with Gasteiger partial charge in [0.1, 0.15) is 0 Å². The van der Waals surface area contributed by atoms with Crippen LogP contribution in [0.2, 0.25) is 5.02 Å². The number of hydrogen-bond donors (Lipinski definition) is 0. The molecule has 0 atom stereocenters. The van der Waals surface area contributed by atoms with Crippen molar-refractivity contribution in [2.45, 2.75) is 5.51 Å². The highest BCUT2D eigenvalue weighted by Crippen LogP contribution is 2.39. The summed E-state index contributed by atoms with van der Waals surface area (Å²) in [5.41, 5.74) is -4.90. The third kappa shape index (κ3) is 3.30. The van der Waals surface area contributed by atoms with Gasteiger partial charge in [0.25, 0.3) is 0 Å². The molecule has 3 nitrogen and oxygen atoms in total. The zero-order chi connectivity index (χ0) is 15.7. The summed E-state index contributed by atoms with van der Waals surface area (Å²) in [6.45, 7) is 0. The number of para-hydroxylation sites is 1. The van der Waals surface area contributed by atoms with Crippen molar-refractivity contribution in [3.05, 3.63) is 53.6 Å². The molecule has 0 amide bonds. The minimum Gasteiger partial charge on any atom is -0.374 e. The standard InChI is InChI=1S/C13H8ClF3O3S/c14-11-8-4-7-10(9-5-2-1-3-6-9)12(11)20-21(18,19)13(15,16)17/h1-8H. The van der Waals surface area contributed by atoms with Gasteiger partial charge in [-0.3, -0.25) is 0 Å². The molecule has 0 saturated heterocycles. The Labute approximate surface area is 124 Å². The Balaban J connectivity index is 2.55. The molecule has 2 rings (SSSR count). The molecule has 8 heteroatoms. The molecule has 0 fully saturated rings. The lowest BCUT2D eigenvalue weighted by atomic mass is 10.1. The van der Waals surface area contributed by atoms with E-state index >= 15 is 0 Å². The van der Waals surface area contributed by atoms with E-state index in [1.807, 2.05) is 0 Å². The van der Waals surface area contributed by atoms with Crippen LogP contribution in [0, 0.1) is 0 Å². The van der Waals surface area contributed by atoms with Gasteiger partial charge in [-0.15, -0.1) is 0 Å². The van der Waals surface area contributed by atoms with E-state index in [2.05, 4.69) is 4.18 Å². The van der Waals surface area contributed by atoms with Crippen LogP contribution in [0.1, 0.15) is 0 Å². The molecule has 0 N–H and O–H groups in total. The molecule has 2 aromatic carbocycles. The summed E-state index contributed by atoms with van der Waals surface area (Å²) in [6, 6.07) is 12.4. The summed E-state index contributed by atoms with van der Waals surface area (Å²) in [6.07, 6.45) is 0. The molecule has 0 unspecified atom stereocenters. The fourth-order valence-electron chi connectivity index (χ4n) is 1.60. The van der Waals surface area contributed by atoms with Gasteiger partial charge < -0.3 is 4.18 Å². The molecule has 0 bridgehead atoms. The number of hydrogen-bond acceptors (Lipinski definition) is 3. The van der Waals surface area contributed by atoms with E-state index in [1.54, 1.807) is 30.3 Å². The normalized spacial score (nSPS) is 12.2. The van der Waals surface area contributed by atoms with Crippen molar-refractivity contribution >= 4 is 21.7 Å². The Morgan fingerprint density at radius 2 is 1.57 bits per heavy atom. The van der Waals surface area contributed by atoms with Crippen LogP contribution in [-0.2, 0) is 10.1 Å². The van der Waals surface area contributed by atoms with Crippen molar-refractivity contribution in [2.75, 3.05) is 0 Å². The van der Waals surface area contributed by atoms with E-state index in [-0.39, 0.29) is 10.6 Å². The lowest BCUT2D eigenvalue weighted by Gasteiger charge is -2.14. The first-order valence-electron chi connectivity index (χ1n) is 5.57. The quantitative estimate of drug-likeness (QED) is 0.622. The molecular formula is C13H8ClF3O3S. The molecule has 0 aliphatic carbocycles. The van der Waals surface area contributed by atoms with Gasteiger partial charge in [-0.2, -0.15) is 21.6 Å². The highest BCUT2D eigenvalue weighted by molar-refractivity contribution is 7.88. The van der Waals surface area contributed by atoms with Crippen LogP contribution in [0.5, 0.6) is 5.75 Å². The first-order chi connectivity index (χ1) is 9.72. The first kappa shape index (κ1) is 15.7. The minimum atomic E-state index is -5.79. The average Bonchev–Trinajstić information content (AvgIpc) is 2.40. The van der Waals surface area contributed by atoms with E-state index in [9.17, 15) is 21.6 Å². The van der Waals surface area contributed by atoms with Crippen LogP contribution in [0.25, 0.3) is 11.1 Å². The van der Waals surface area contributed by atoms with Gasteiger partial charge in [-0.1, -0.05) is 54.1 Å². The van der Waals surface area contributed by atoms with E-state index < -0.39 is 21.4 Å². The third-order valence-electron chi connectivity index (χ3n) is 2.53. The fraction of sp³-hybridized carbons (Fsp3) is 0.0769. The second-order valence-corrected chi connectivity index (χ2v) is 5.91. The van der Waals surface area contributed by atoms with Crippen LogP contribution in [0.4, 0.5) is 13.2 Å². The van der Waals surface area contributed by atoms with Crippen molar-refractivity contribution in [3.8, 4) is 16.9 Å². The van der Waals surface area contributed by atoms with Crippen molar-refractivity contribution in [1.82, 2.24) is 0 Å². The van der Waals surface area contributed by atoms with Gasteiger partial charge >= 0.3 is 15.6 Å². The number of benzene rings is 2. The Bertz CT molecular complexity index is 743. The number of rotatable bonds is 3. The third-order valence-corrected chi connectivity index (χ3v) is 3.78. The molecule has 0 spiro atoms. The maximum Gasteiger partial charge on any atom is 0.534 e. The summed E-state index contributed by atoms with van der Waals surface area (Å²) < 4.78 is 63.8. The Morgan fingerprint density at radius 1 is 0.952 bits per heavy atom. The van der Waals surface area contributed by atoms with E-state index in [4.69, 9.17) is 11.6 Å². The first-order valence-corrected chi connectivity index (χ1v) is 7.36. The molecule has 0 radical (unpaired) electrons. The molecule has 0 aromatic heterocycles. The van der Waals surface area contributed by atoms with E-state index in [0.717, 1.165) is 0 Å². The predicted molar refractivity (Wildman–Crippen MR) is 72.5 cm³/mol.